The summed E-state index contributed by atoms with van der Waals surface area (Å²) in [5, 5.41) is 3.44. The van der Waals surface area contributed by atoms with Crippen molar-refractivity contribution in [3.63, 3.8) is 0 Å². The zero-order valence-corrected chi connectivity index (χ0v) is 11.6. The topological polar surface area (TPSA) is 12.0 Å². The number of rotatable bonds is 4. The van der Waals surface area contributed by atoms with Gasteiger partial charge in [-0.05, 0) is 48.9 Å². The molecule has 0 amide bonds. The molecule has 0 aliphatic heterocycles. The molecular weight excluding hydrogens is 206 g/mol. The van der Waals surface area contributed by atoms with E-state index in [1.54, 1.807) is 0 Å². The minimum Gasteiger partial charge on any atom is -0.299 e. The summed E-state index contributed by atoms with van der Waals surface area (Å²) in [6, 6.07) is 4.65. The highest BCUT2D eigenvalue weighted by Gasteiger charge is 2.10. The molecule has 0 saturated heterocycles. The van der Waals surface area contributed by atoms with Gasteiger partial charge in [-0.15, -0.1) is 6.42 Å². The van der Waals surface area contributed by atoms with Crippen molar-refractivity contribution in [2.75, 3.05) is 0 Å². The number of aryl methyl sites for hydroxylation is 3. The SMILES string of the molecule is C#CC(NCc1cc(C)c(C)cc1C)C(C)C. The Morgan fingerprint density at radius 2 is 1.71 bits per heavy atom. The maximum absolute atomic E-state index is 5.52. The summed E-state index contributed by atoms with van der Waals surface area (Å²) < 4.78 is 0. The van der Waals surface area contributed by atoms with E-state index in [1.165, 1.54) is 22.3 Å². The number of hydrogen-bond donors (Lipinski definition) is 1. The summed E-state index contributed by atoms with van der Waals surface area (Å²) in [5.41, 5.74) is 5.37. The van der Waals surface area contributed by atoms with Gasteiger partial charge >= 0.3 is 0 Å². The van der Waals surface area contributed by atoms with E-state index in [2.05, 4.69) is 58.0 Å². The predicted molar refractivity (Wildman–Crippen MR) is 75.0 cm³/mol. The van der Waals surface area contributed by atoms with Crippen LogP contribution in [0.25, 0.3) is 0 Å². The first-order valence-corrected chi connectivity index (χ1v) is 6.22. The Hall–Kier alpha value is -1.26. The molecule has 0 fully saturated rings. The summed E-state index contributed by atoms with van der Waals surface area (Å²) in [6.45, 7) is 11.6. The lowest BCUT2D eigenvalue weighted by Crippen LogP contribution is -2.32. The van der Waals surface area contributed by atoms with Gasteiger partial charge in [-0.2, -0.15) is 0 Å². The largest absolute Gasteiger partial charge is 0.299 e. The monoisotopic (exact) mass is 229 g/mol. The van der Waals surface area contributed by atoms with Gasteiger partial charge in [-0.1, -0.05) is 31.9 Å². The highest BCUT2D eigenvalue weighted by Crippen LogP contribution is 2.15. The number of benzene rings is 1. The van der Waals surface area contributed by atoms with Gasteiger partial charge in [0.1, 0.15) is 0 Å². The molecule has 1 rings (SSSR count). The van der Waals surface area contributed by atoms with E-state index in [0.29, 0.717) is 5.92 Å². The van der Waals surface area contributed by atoms with Gasteiger partial charge in [0.15, 0.2) is 0 Å². The minimum absolute atomic E-state index is 0.149. The Kier molecular flexibility index (Phi) is 4.78. The van der Waals surface area contributed by atoms with Crippen LogP contribution in [0.3, 0.4) is 0 Å². The summed E-state index contributed by atoms with van der Waals surface area (Å²) in [4.78, 5) is 0. The van der Waals surface area contributed by atoms with Crippen LogP contribution in [0.4, 0.5) is 0 Å². The Morgan fingerprint density at radius 3 is 2.24 bits per heavy atom. The molecule has 0 aromatic heterocycles. The molecule has 92 valence electrons. The highest BCUT2D eigenvalue weighted by atomic mass is 14.9. The number of nitrogens with one attached hydrogen (secondary N) is 1. The molecule has 0 saturated carbocycles. The average Bonchev–Trinajstić information content (AvgIpc) is 2.25. The second-order valence-corrected chi connectivity index (χ2v) is 5.13. The summed E-state index contributed by atoms with van der Waals surface area (Å²) >= 11 is 0. The van der Waals surface area contributed by atoms with Gasteiger partial charge in [0.05, 0.1) is 6.04 Å². The van der Waals surface area contributed by atoms with E-state index in [1.807, 2.05) is 0 Å². The highest BCUT2D eigenvalue weighted by molar-refractivity contribution is 5.36. The van der Waals surface area contributed by atoms with Crippen molar-refractivity contribution in [2.24, 2.45) is 5.92 Å². The molecule has 0 heterocycles. The fourth-order valence-corrected chi connectivity index (χ4v) is 1.92. The fraction of sp³-hybridized carbons (Fsp3) is 0.500. The van der Waals surface area contributed by atoms with Gasteiger partial charge in [-0.3, -0.25) is 5.32 Å². The summed E-state index contributed by atoms with van der Waals surface area (Å²) in [6.07, 6.45) is 5.52. The molecule has 0 bridgehead atoms. The van der Waals surface area contributed by atoms with Crippen LogP contribution < -0.4 is 5.32 Å². The Labute approximate surface area is 106 Å². The lowest BCUT2D eigenvalue weighted by atomic mass is 9.99. The van der Waals surface area contributed by atoms with Crippen LogP contribution in [0.1, 0.15) is 36.1 Å². The lowest BCUT2D eigenvalue weighted by Gasteiger charge is -2.18. The molecular formula is C16H23N. The van der Waals surface area contributed by atoms with Crippen molar-refractivity contribution in [3.8, 4) is 12.3 Å². The van der Waals surface area contributed by atoms with Crippen molar-refractivity contribution < 1.29 is 0 Å². The molecule has 1 unspecified atom stereocenters. The Bertz CT molecular complexity index is 424. The van der Waals surface area contributed by atoms with Crippen molar-refractivity contribution in [3.05, 3.63) is 34.4 Å². The maximum Gasteiger partial charge on any atom is 0.0712 e. The molecule has 1 atom stereocenters. The smallest absolute Gasteiger partial charge is 0.0712 e. The minimum atomic E-state index is 0.149. The van der Waals surface area contributed by atoms with Crippen LogP contribution in [-0.2, 0) is 6.54 Å². The number of hydrogen-bond acceptors (Lipinski definition) is 1. The summed E-state index contributed by atoms with van der Waals surface area (Å²) in [5.74, 6) is 3.27. The molecule has 0 aliphatic rings. The molecule has 1 aromatic rings. The molecule has 0 aliphatic carbocycles. The molecule has 0 radical (unpaired) electrons. The van der Waals surface area contributed by atoms with Crippen molar-refractivity contribution >= 4 is 0 Å². The molecule has 0 spiro atoms. The van der Waals surface area contributed by atoms with Gasteiger partial charge in [0.25, 0.3) is 0 Å². The zero-order valence-electron chi connectivity index (χ0n) is 11.6. The zero-order chi connectivity index (χ0) is 13.0. The Morgan fingerprint density at radius 1 is 1.12 bits per heavy atom. The second kappa shape index (κ2) is 5.89. The van der Waals surface area contributed by atoms with Crippen molar-refractivity contribution in [1.29, 1.82) is 0 Å². The molecule has 17 heavy (non-hydrogen) atoms. The average molecular weight is 229 g/mol. The quantitative estimate of drug-likeness (QED) is 0.781. The second-order valence-electron chi connectivity index (χ2n) is 5.13. The first-order chi connectivity index (χ1) is 7.95. The van der Waals surface area contributed by atoms with Crippen LogP contribution in [0.2, 0.25) is 0 Å². The fourth-order valence-electron chi connectivity index (χ4n) is 1.92. The molecule has 1 nitrogen and oxygen atoms in total. The maximum atomic E-state index is 5.52. The molecule has 1 N–H and O–H groups in total. The van der Waals surface area contributed by atoms with Crippen molar-refractivity contribution in [2.45, 2.75) is 47.2 Å². The van der Waals surface area contributed by atoms with Crippen LogP contribution in [0, 0.1) is 39.0 Å². The molecule has 1 aromatic carbocycles. The van der Waals surface area contributed by atoms with E-state index < -0.39 is 0 Å². The van der Waals surface area contributed by atoms with Crippen LogP contribution >= 0.6 is 0 Å². The standard InChI is InChI=1S/C16H23N/c1-7-16(11(2)3)17-10-15-9-13(5)12(4)8-14(15)6/h1,8-9,11,16-17H,10H2,2-6H3. The third kappa shape index (κ3) is 3.61. The normalized spacial score (nSPS) is 12.5. The van der Waals surface area contributed by atoms with Crippen LogP contribution in [0.15, 0.2) is 12.1 Å². The van der Waals surface area contributed by atoms with Gasteiger partial charge in [0, 0.05) is 6.54 Å². The van der Waals surface area contributed by atoms with E-state index in [0.717, 1.165) is 6.54 Å². The van der Waals surface area contributed by atoms with Gasteiger partial charge in [0.2, 0.25) is 0 Å². The first-order valence-electron chi connectivity index (χ1n) is 6.22. The third-order valence-electron chi connectivity index (χ3n) is 3.31. The number of terminal acetylenes is 1. The van der Waals surface area contributed by atoms with E-state index in [-0.39, 0.29) is 6.04 Å². The first kappa shape index (κ1) is 13.8. The summed E-state index contributed by atoms with van der Waals surface area (Å²) in [7, 11) is 0. The van der Waals surface area contributed by atoms with Crippen LogP contribution in [-0.4, -0.2) is 6.04 Å². The van der Waals surface area contributed by atoms with Crippen LogP contribution in [0.5, 0.6) is 0 Å². The lowest BCUT2D eigenvalue weighted by molar-refractivity contribution is 0.475. The van der Waals surface area contributed by atoms with E-state index >= 15 is 0 Å². The Balaban J connectivity index is 2.76. The van der Waals surface area contributed by atoms with Crippen molar-refractivity contribution in [1.82, 2.24) is 5.32 Å². The van der Waals surface area contributed by atoms with E-state index in [9.17, 15) is 0 Å². The van der Waals surface area contributed by atoms with Gasteiger partial charge in [-0.25, -0.2) is 0 Å². The third-order valence-corrected chi connectivity index (χ3v) is 3.31. The van der Waals surface area contributed by atoms with Gasteiger partial charge < -0.3 is 0 Å². The predicted octanol–water partition coefficient (Wildman–Crippen LogP) is 3.36. The van der Waals surface area contributed by atoms with E-state index in [4.69, 9.17) is 6.42 Å². The molecule has 1 heteroatoms.